The highest BCUT2D eigenvalue weighted by atomic mass is 32.1. The molecule has 0 fully saturated rings. The van der Waals surface area contributed by atoms with Gasteiger partial charge < -0.3 is 31.8 Å². The summed E-state index contributed by atoms with van der Waals surface area (Å²) < 4.78 is 0. The van der Waals surface area contributed by atoms with E-state index in [1.165, 1.54) is 0 Å². The van der Waals surface area contributed by atoms with Gasteiger partial charge in [-0.25, -0.2) is 4.79 Å². The standard InChI is InChI=1S/C26H39N5O5S/c1-14(2)9-18(27)23(32)29-20(10-15(3)4)24(33)30-21(25(34)31-22(13-37)26(35)36)11-16-12-28-19-8-6-5-7-17(16)19/h5-8,12,14-15,18,20-22,28,37H,9-11,13,27H2,1-4H3,(H,29,32)(H,30,33)(H,31,34)(H,35,36)/t18-,20-,21-,22-/m0/s1. The number of aromatic amines is 1. The number of hydrogen-bond donors (Lipinski definition) is 7. The lowest BCUT2D eigenvalue weighted by molar-refractivity contribution is -0.141. The van der Waals surface area contributed by atoms with Crippen LogP contribution in [0, 0.1) is 11.8 Å². The van der Waals surface area contributed by atoms with E-state index < -0.39 is 47.9 Å². The summed E-state index contributed by atoms with van der Waals surface area (Å²) >= 11 is 4.01. The summed E-state index contributed by atoms with van der Waals surface area (Å²) in [6, 6.07) is 3.53. The third-order valence-electron chi connectivity index (χ3n) is 5.93. The molecule has 3 amide bonds. The van der Waals surface area contributed by atoms with Gasteiger partial charge in [-0.3, -0.25) is 14.4 Å². The molecular weight excluding hydrogens is 494 g/mol. The molecule has 10 nitrogen and oxygen atoms in total. The number of thiol groups is 1. The van der Waals surface area contributed by atoms with Crippen LogP contribution in [0.2, 0.25) is 0 Å². The average molecular weight is 534 g/mol. The van der Waals surface area contributed by atoms with E-state index in [4.69, 9.17) is 5.73 Å². The number of carbonyl (C=O) groups is 4. The molecule has 0 saturated carbocycles. The highest BCUT2D eigenvalue weighted by Gasteiger charge is 2.31. The molecule has 2 aromatic rings. The van der Waals surface area contributed by atoms with Crippen molar-refractivity contribution in [3.05, 3.63) is 36.0 Å². The van der Waals surface area contributed by atoms with Gasteiger partial charge in [0.2, 0.25) is 17.7 Å². The minimum absolute atomic E-state index is 0.0684. The van der Waals surface area contributed by atoms with Crippen LogP contribution in [-0.2, 0) is 25.6 Å². The molecule has 0 aliphatic heterocycles. The van der Waals surface area contributed by atoms with Crippen LogP contribution in [0.1, 0.15) is 46.1 Å². The number of carboxylic acids is 1. The Morgan fingerprint density at radius 1 is 0.892 bits per heavy atom. The molecule has 1 heterocycles. The molecule has 0 saturated heterocycles. The van der Waals surface area contributed by atoms with Crippen LogP contribution in [-0.4, -0.2) is 63.7 Å². The molecule has 0 aliphatic carbocycles. The Balaban J connectivity index is 2.29. The quantitative estimate of drug-likeness (QED) is 0.182. The predicted molar refractivity (Wildman–Crippen MR) is 146 cm³/mol. The normalized spacial score (nSPS) is 14.7. The molecule has 4 atom stereocenters. The first-order valence-electron chi connectivity index (χ1n) is 12.5. The summed E-state index contributed by atoms with van der Waals surface area (Å²) in [4.78, 5) is 53.8. The van der Waals surface area contributed by atoms with Crippen molar-refractivity contribution in [3.8, 4) is 0 Å². The fraction of sp³-hybridized carbons (Fsp3) is 0.538. The van der Waals surface area contributed by atoms with Gasteiger partial charge in [0, 0.05) is 29.3 Å². The van der Waals surface area contributed by atoms with Crippen LogP contribution in [0.15, 0.2) is 30.5 Å². The van der Waals surface area contributed by atoms with Gasteiger partial charge in [0.1, 0.15) is 18.1 Å². The number of aromatic nitrogens is 1. The van der Waals surface area contributed by atoms with E-state index in [0.717, 1.165) is 16.5 Å². The molecule has 0 bridgehead atoms. The summed E-state index contributed by atoms with van der Waals surface area (Å²) in [5.41, 5.74) is 7.66. The van der Waals surface area contributed by atoms with Gasteiger partial charge in [0.05, 0.1) is 6.04 Å². The van der Waals surface area contributed by atoms with Gasteiger partial charge in [-0.2, -0.15) is 12.6 Å². The van der Waals surface area contributed by atoms with Gasteiger partial charge in [0.15, 0.2) is 0 Å². The SMILES string of the molecule is CC(C)C[C@H](NC(=O)[C@@H](N)CC(C)C)C(=O)N[C@@H](Cc1c[nH]c2ccccc12)C(=O)N[C@@H](CS)C(=O)O. The Labute approximate surface area is 222 Å². The molecule has 204 valence electrons. The number of para-hydroxylation sites is 1. The van der Waals surface area contributed by atoms with Crippen molar-refractivity contribution in [1.29, 1.82) is 0 Å². The number of rotatable bonds is 14. The lowest BCUT2D eigenvalue weighted by Crippen LogP contribution is -2.58. The monoisotopic (exact) mass is 533 g/mol. The number of aliphatic carboxylic acids is 1. The third-order valence-corrected chi connectivity index (χ3v) is 6.30. The maximum Gasteiger partial charge on any atom is 0.327 e. The van der Waals surface area contributed by atoms with Gasteiger partial charge in [-0.05, 0) is 36.3 Å². The summed E-state index contributed by atoms with van der Waals surface area (Å²) in [5, 5.41) is 18.2. The Hall–Kier alpha value is -3.05. The molecule has 37 heavy (non-hydrogen) atoms. The molecule has 0 unspecified atom stereocenters. The smallest absolute Gasteiger partial charge is 0.327 e. The highest BCUT2D eigenvalue weighted by molar-refractivity contribution is 7.80. The molecule has 1 aromatic carbocycles. The average Bonchev–Trinajstić information content (AvgIpc) is 3.23. The van der Waals surface area contributed by atoms with Crippen LogP contribution in [0.3, 0.4) is 0 Å². The number of amides is 3. The molecule has 7 N–H and O–H groups in total. The van der Waals surface area contributed by atoms with Crippen LogP contribution >= 0.6 is 12.6 Å². The number of H-pyrrole nitrogens is 1. The molecule has 1 aromatic heterocycles. The Morgan fingerprint density at radius 2 is 1.46 bits per heavy atom. The molecule has 2 rings (SSSR count). The second kappa shape index (κ2) is 14.0. The van der Waals surface area contributed by atoms with Crippen molar-refractivity contribution in [3.63, 3.8) is 0 Å². The first kappa shape index (κ1) is 30.2. The molecule has 11 heteroatoms. The van der Waals surface area contributed by atoms with Crippen molar-refractivity contribution in [2.45, 2.75) is 71.1 Å². The zero-order valence-corrected chi connectivity index (χ0v) is 22.7. The van der Waals surface area contributed by atoms with E-state index in [-0.39, 0.29) is 24.0 Å². The van der Waals surface area contributed by atoms with Crippen LogP contribution in [0.4, 0.5) is 0 Å². The Kier molecular flexibility index (Phi) is 11.4. The maximum absolute atomic E-state index is 13.4. The number of nitrogens with one attached hydrogen (secondary N) is 4. The van der Waals surface area contributed by atoms with E-state index in [1.807, 2.05) is 52.0 Å². The largest absolute Gasteiger partial charge is 0.480 e. The number of fused-ring (bicyclic) bond motifs is 1. The topological polar surface area (TPSA) is 166 Å². The van der Waals surface area contributed by atoms with Crippen LogP contribution in [0.5, 0.6) is 0 Å². The van der Waals surface area contributed by atoms with Crippen molar-refractivity contribution in [2.24, 2.45) is 17.6 Å². The predicted octanol–water partition coefficient (Wildman–Crippen LogP) is 1.60. The number of carbonyl (C=O) groups excluding carboxylic acids is 3. The third kappa shape index (κ3) is 9.08. The Bertz CT molecular complexity index is 1090. The lowest BCUT2D eigenvalue weighted by Gasteiger charge is -2.26. The first-order valence-corrected chi connectivity index (χ1v) is 13.1. The first-order chi connectivity index (χ1) is 17.4. The van der Waals surface area contributed by atoms with Crippen molar-refractivity contribution < 1.29 is 24.3 Å². The minimum atomic E-state index is -1.23. The van der Waals surface area contributed by atoms with Crippen molar-refractivity contribution in [2.75, 3.05) is 5.75 Å². The minimum Gasteiger partial charge on any atom is -0.480 e. The van der Waals surface area contributed by atoms with Crippen LogP contribution in [0.25, 0.3) is 10.9 Å². The van der Waals surface area contributed by atoms with E-state index in [9.17, 15) is 24.3 Å². The second-order valence-electron chi connectivity index (χ2n) is 10.1. The highest BCUT2D eigenvalue weighted by Crippen LogP contribution is 2.19. The number of hydrogen-bond acceptors (Lipinski definition) is 6. The summed E-state index contributed by atoms with van der Waals surface area (Å²) in [6.45, 7) is 7.74. The van der Waals surface area contributed by atoms with Crippen LogP contribution < -0.4 is 21.7 Å². The fourth-order valence-electron chi connectivity index (χ4n) is 4.06. The summed E-state index contributed by atoms with van der Waals surface area (Å²) in [7, 11) is 0. The van der Waals surface area contributed by atoms with E-state index in [1.54, 1.807) is 6.20 Å². The summed E-state index contributed by atoms with van der Waals surface area (Å²) in [6.07, 6.45) is 2.66. The molecular formula is C26H39N5O5S. The van der Waals surface area contributed by atoms with Gasteiger partial charge >= 0.3 is 5.97 Å². The van der Waals surface area contributed by atoms with Gasteiger partial charge in [-0.15, -0.1) is 0 Å². The molecule has 0 radical (unpaired) electrons. The molecule has 0 aliphatic rings. The number of carboxylic acid groups (broad SMARTS) is 1. The Morgan fingerprint density at radius 3 is 2.05 bits per heavy atom. The van der Waals surface area contributed by atoms with Gasteiger partial charge in [-0.1, -0.05) is 45.9 Å². The zero-order valence-electron chi connectivity index (χ0n) is 21.8. The molecule has 0 spiro atoms. The van der Waals surface area contributed by atoms with Gasteiger partial charge in [0.25, 0.3) is 0 Å². The maximum atomic E-state index is 13.4. The van der Waals surface area contributed by atoms with Crippen molar-refractivity contribution in [1.82, 2.24) is 20.9 Å². The number of benzene rings is 1. The van der Waals surface area contributed by atoms with E-state index in [2.05, 4.69) is 33.6 Å². The lowest BCUT2D eigenvalue weighted by atomic mass is 9.99. The van der Waals surface area contributed by atoms with E-state index in [0.29, 0.717) is 12.8 Å². The zero-order chi connectivity index (χ0) is 27.7. The van der Waals surface area contributed by atoms with Crippen molar-refractivity contribution >= 4 is 47.2 Å². The number of nitrogens with two attached hydrogens (primary N) is 1. The fourth-order valence-corrected chi connectivity index (χ4v) is 4.30. The summed E-state index contributed by atoms with van der Waals surface area (Å²) in [5.74, 6) is -2.72. The second-order valence-corrected chi connectivity index (χ2v) is 10.5. The van der Waals surface area contributed by atoms with E-state index >= 15 is 0 Å².